The molecule has 0 aromatic carbocycles. The fourth-order valence-electron chi connectivity index (χ4n) is 2.40. The van der Waals surface area contributed by atoms with E-state index in [2.05, 4.69) is 15.0 Å². The molecule has 3 heterocycles. The molecule has 3 unspecified atom stereocenters. The summed E-state index contributed by atoms with van der Waals surface area (Å²) in [5.74, 6) is -1.33. The Balaban J connectivity index is 1.96. The van der Waals surface area contributed by atoms with Crippen LogP contribution in [0.3, 0.4) is 0 Å². The molecular formula is C12H15N5O6. The number of fused-ring (bicyclic) bond motifs is 1. The molecule has 0 saturated carbocycles. The molecule has 5 N–H and O–H groups in total. The lowest BCUT2D eigenvalue weighted by Crippen LogP contribution is -2.24. The largest absolute Gasteiger partial charge is 0.479 e. The number of imidazole rings is 1. The van der Waals surface area contributed by atoms with Crippen molar-refractivity contribution in [2.75, 3.05) is 18.9 Å². The van der Waals surface area contributed by atoms with Crippen molar-refractivity contribution in [1.82, 2.24) is 19.5 Å². The maximum absolute atomic E-state index is 10.6. The first kappa shape index (κ1) is 15.4. The van der Waals surface area contributed by atoms with Crippen LogP contribution in [0.4, 0.5) is 5.95 Å². The minimum absolute atomic E-state index is 0.0501. The molecule has 0 amide bonds. The maximum Gasteiger partial charge on any atom is 0.341 e. The Morgan fingerprint density at radius 3 is 2.96 bits per heavy atom. The van der Waals surface area contributed by atoms with Crippen molar-refractivity contribution in [3.05, 3.63) is 6.33 Å². The number of nitrogen functional groups attached to an aromatic ring is 1. The predicted molar refractivity (Wildman–Crippen MR) is 74.5 cm³/mol. The van der Waals surface area contributed by atoms with Gasteiger partial charge in [-0.25, -0.2) is 9.78 Å². The number of rotatable bonds is 5. The summed E-state index contributed by atoms with van der Waals surface area (Å²) >= 11 is 0. The fraction of sp³-hybridized carbons (Fsp3) is 0.500. The quantitative estimate of drug-likeness (QED) is 0.508. The standard InChI is InChI=1S/C12H15N5O6/c13-12-15-10-9(11(16-12)22-3-8(20)21)14-4-17(10)7-1-5(19)6(2-18)23-7/h4-7,18-19H,1-3H2,(H,20,21)(H2,13,15,16). The van der Waals surface area contributed by atoms with Gasteiger partial charge in [0.1, 0.15) is 12.3 Å². The molecule has 0 bridgehead atoms. The number of aliphatic hydroxyl groups excluding tert-OH is 2. The summed E-state index contributed by atoms with van der Waals surface area (Å²) in [4.78, 5) is 22.6. The van der Waals surface area contributed by atoms with E-state index in [-0.39, 0.29) is 36.0 Å². The third kappa shape index (κ3) is 2.88. The summed E-state index contributed by atoms with van der Waals surface area (Å²) in [6, 6.07) is 0. The van der Waals surface area contributed by atoms with E-state index in [1.165, 1.54) is 10.9 Å². The van der Waals surface area contributed by atoms with Crippen LogP contribution in [0.1, 0.15) is 12.6 Å². The number of ether oxygens (including phenoxy) is 2. The number of aromatic nitrogens is 4. The molecule has 1 saturated heterocycles. The first-order valence-corrected chi connectivity index (χ1v) is 6.78. The molecule has 1 aliphatic heterocycles. The summed E-state index contributed by atoms with van der Waals surface area (Å²) in [7, 11) is 0. The summed E-state index contributed by atoms with van der Waals surface area (Å²) in [5, 5.41) is 27.6. The maximum atomic E-state index is 10.6. The van der Waals surface area contributed by atoms with Crippen LogP contribution in [0.2, 0.25) is 0 Å². The zero-order valence-electron chi connectivity index (χ0n) is 11.9. The number of hydrogen-bond acceptors (Lipinski definition) is 9. The van der Waals surface area contributed by atoms with Gasteiger partial charge in [-0.1, -0.05) is 0 Å². The second-order valence-corrected chi connectivity index (χ2v) is 5.01. The highest BCUT2D eigenvalue weighted by molar-refractivity contribution is 5.78. The highest BCUT2D eigenvalue weighted by Gasteiger charge is 2.35. The first-order chi connectivity index (χ1) is 11.0. The van der Waals surface area contributed by atoms with E-state index < -0.39 is 31.0 Å². The van der Waals surface area contributed by atoms with Crippen molar-refractivity contribution < 1.29 is 29.6 Å². The van der Waals surface area contributed by atoms with Crippen LogP contribution in [0.5, 0.6) is 5.88 Å². The lowest BCUT2D eigenvalue weighted by atomic mass is 10.2. The van der Waals surface area contributed by atoms with Crippen molar-refractivity contribution in [2.45, 2.75) is 24.9 Å². The molecule has 2 aromatic heterocycles. The number of aliphatic hydroxyl groups is 2. The van der Waals surface area contributed by atoms with Crippen LogP contribution in [0.25, 0.3) is 11.2 Å². The SMILES string of the molecule is Nc1nc(OCC(=O)O)c2ncn(C3CC(O)C(CO)O3)c2n1. The Kier molecular flexibility index (Phi) is 3.98. The van der Waals surface area contributed by atoms with Gasteiger partial charge in [-0.2, -0.15) is 9.97 Å². The number of nitrogens with two attached hydrogens (primary N) is 1. The molecule has 3 rings (SSSR count). The number of carbonyl (C=O) groups is 1. The van der Waals surface area contributed by atoms with Crippen molar-refractivity contribution in [1.29, 1.82) is 0 Å². The van der Waals surface area contributed by atoms with Gasteiger partial charge in [0.05, 0.1) is 19.0 Å². The van der Waals surface area contributed by atoms with E-state index in [1.807, 2.05) is 0 Å². The van der Waals surface area contributed by atoms with Gasteiger partial charge < -0.3 is 30.5 Å². The van der Waals surface area contributed by atoms with Gasteiger partial charge in [-0.05, 0) is 0 Å². The van der Waals surface area contributed by atoms with Gasteiger partial charge in [0.25, 0.3) is 0 Å². The number of hydrogen-bond donors (Lipinski definition) is 4. The van der Waals surface area contributed by atoms with E-state index in [1.54, 1.807) is 0 Å². The first-order valence-electron chi connectivity index (χ1n) is 6.78. The van der Waals surface area contributed by atoms with Crippen molar-refractivity contribution in [3.8, 4) is 5.88 Å². The molecule has 11 nitrogen and oxygen atoms in total. The van der Waals surface area contributed by atoms with E-state index in [0.29, 0.717) is 0 Å². The van der Waals surface area contributed by atoms with Gasteiger partial charge in [0.15, 0.2) is 17.8 Å². The molecule has 0 aliphatic carbocycles. The van der Waals surface area contributed by atoms with Gasteiger partial charge in [0.2, 0.25) is 11.8 Å². The van der Waals surface area contributed by atoms with Crippen molar-refractivity contribution in [3.63, 3.8) is 0 Å². The average molecular weight is 325 g/mol. The Morgan fingerprint density at radius 2 is 2.30 bits per heavy atom. The Hall–Kier alpha value is -2.50. The summed E-state index contributed by atoms with van der Waals surface area (Å²) in [6.45, 7) is -0.905. The highest BCUT2D eigenvalue weighted by atomic mass is 16.5. The molecule has 1 fully saturated rings. The van der Waals surface area contributed by atoms with Crippen LogP contribution in [0.15, 0.2) is 6.33 Å². The fourth-order valence-corrected chi connectivity index (χ4v) is 2.40. The highest BCUT2D eigenvalue weighted by Crippen LogP contribution is 2.32. The number of carboxylic acids is 1. The lowest BCUT2D eigenvalue weighted by Gasteiger charge is -2.13. The van der Waals surface area contributed by atoms with E-state index in [9.17, 15) is 9.90 Å². The Morgan fingerprint density at radius 1 is 1.52 bits per heavy atom. The molecular weight excluding hydrogens is 310 g/mol. The second-order valence-electron chi connectivity index (χ2n) is 5.01. The van der Waals surface area contributed by atoms with Gasteiger partial charge >= 0.3 is 5.97 Å². The van der Waals surface area contributed by atoms with E-state index in [4.69, 9.17) is 25.4 Å². The van der Waals surface area contributed by atoms with Crippen LogP contribution < -0.4 is 10.5 Å². The van der Waals surface area contributed by atoms with E-state index in [0.717, 1.165) is 0 Å². The van der Waals surface area contributed by atoms with Crippen LogP contribution in [-0.2, 0) is 9.53 Å². The zero-order valence-corrected chi connectivity index (χ0v) is 11.9. The molecule has 3 atom stereocenters. The smallest absolute Gasteiger partial charge is 0.341 e. The molecule has 11 heteroatoms. The van der Waals surface area contributed by atoms with Gasteiger partial charge in [0, 0.05) is 6.42 Å². The normalized spacial score (nSPS) is 24.2. The van der Waals surface area contributed by atoms with Crippen LogP contribution in [-0.4, -0.2) is 66.2 Å². The molecule has 0 spiro atoms. The molecule has 23 heavy (non-hydrogen) atoms. The van der Waals surface area contributed by atoms with Crippen LogP contribution in [0, 0.1) is 0 Å². The summed E-state index contributed by atoms with van der Waals surface area (Å²) in [6.07, 6.45) is -0.451. The minimum Gasteiger partial charge on any atom is -0.479 e. The summed E-state index contributed by atoms with van der Waals surface area (Å²) in [5.41, 5.74) is 6.13. The van der Waals surface area contributed by atoms with Crippen molar-refractivity contribution >= 4 is 23.1 Å². The third-order valence-electron chi connectivity index (χ3n) is 3.43. The molecule has 0 radical (unpaired) electrons. The molecule has 1 aliphatic rings. The molecule has 2 aromatic rings. The summed E-state index contributed by atoms with van der Waals surface area (Å²) < 4.78 is 12.1. The number of aliphatic carboxylic acids is 1. The van der Waals surface area contributed by atoms with Crippen molar-refractivity contribution in [2.24, 2.45) is 0 Å². The number of carboxylic acid groups (broad SMARTS) is 1. The van der Waals surface area contributed by atoms with Crippen LogP contribution >= 0.6 is 0 Å². The number of nitrogens with zero attached hydrogens (tertiary/aromatic N) is 4. The minimum atomic E-state index is -1.16. The zero-order chi connectivity index (χ0) is 16.6. The molecule has 124 valence electrons. The average Bonchev–Trinajstić information content (AvgIpc) is 3.07. The second kappa shape index (κ2) is 5.95. The van der Waals surface area contributed by atoms with E-state index >= 15 is 0 Å². The Labute approximate surface area is 129 Å². The number of anilines is 1. The topological polar surface area (TPSA) is 166 Å². The third-order valence-corrected chi connectivity index (χ3v) is 3.43. The lowest BCUT2D eigenvalue weighted by molar-refractivity contribution is -0.139. The van der Waals surface area contributed by atoms with Gasteiger partial charge in [-0.15, -0.1) is 0 Å². The van der Waals surface area contributed by atoms with Gasteiger partial charge in [-0.3, -0.25) is 4.57 Å². The predicted octanol–water partition coefficient (Wildman–Crippen LogP) is -1.49. The monoisotopic (exact) mass is 325 g/mol. The Bertz CT molecular complexity index is 734.